The number of unbranched alkanes of at least 4 members (excludes halogenated alkanes) is 10. The molecule has 0 saturated heterocycles. The first kappa shape index (κ1) is 19.6. The molecule has 0 atom stereocenters. The van der Waals surface area contributed by atoms with Crippen molar-refractivity contribution in [2.75, 3.05) is 0 Å². The Morgan fingerprint density at radius 1 is 0.762 bits per heavy atom. The molecule has 0 spiro atoms. The van der Waals surface area contributed by atoms with Crippen molar-refractivity contribution in [2.24, 2.45) is 0 Å². The van der Waals surface area contributed by atoms with Crippen molar-refractivity contribution in [3.8, 4) is 23.7 Å². The van der Waals surface area contributed by atoms with Crippen LogP contribution < -0.4 is 0 Å². The Balaban J connectivity index is 3.23. The van der Waals surface area contributed by atoms with E-state index in [-0.39, 0.29) is 6.42 Å². The van der Waals surface area contributed by atoms with Crippen LogP contribution in [0.3, 0.4) is 0 Å². The largest absolute Gasteiger partial charge is 0.481 e. The van der Waals surface area contributed by atoms with Crippen LogP contribution in [0.25, 0.3) is 0 Å². The summed E-state index contributed by atoms with van der Waals surface area (Å²) in [5, 5.41) is 8.42. The first-order valence-electron chi connectivity index (χ1n) is 8.45. The van der Waals surface area contributed by atoms with Crippen molar-refractivity contribution in [2.45, 2.75) is 90.4 Å². The van der Waals surface area contributed by atoms with Gasteiger partial charge in [-0.25, -0.2) is 0 Å². The summed E-state index contributed by atoms with van der Waals surface area (Å²) >= 11 is 0. The van der Waals surface area contributed by atoms with Gasteiger partial charge in [-0.2, -0.15) is 0 Å². The lowest BCUT2D eigenvalue weighted by Gasteiger charge is -2.00. The Morgan fingerprint density at radius 2 is 1.24 bits per heavy atom. The van der Waals surface area contributed by atoms with E-state index in [1.807, 2.05) is 0 Å². The number of hydrogen-bond acceptors (Lipinski definition) is 1. The van der Waals surface area contributed by atoms with Crippen molar-refractivity contribution >= 4 is 5.97 Å². The van der Waals surface area contributed by atoms with Gasteiger partial charge in [-0.15, -0.1) is 0 Å². The Kier molecular flexibility index (Phi) is 15.5. The fourth-order valence-electron chi connectivity index (χ4n) is 2.08. The predicted molar refractivity (Wildman–Crippen MR) is 88.9 cm³/mol. The SMILES string of the molecule is CCCCCCCCCCCCC#CC#CCCC(=O)O. The molecule has 0 aliphatic heterocycles. The molecule has 2 nitrogen and oxygen atoms in total. The van der Waals surface area contributed by atoms with Gasteiger partial charge in [0.25, 0.3) is 0 Å². The third-order valence-electron chi connectivity index (χ3n) is 3.36. The lowest BCUT2D eigenvalue weighted by Crippen LogP contribution is -1.91. The highest BCUT2D eigenvalue weighted by molar-refractivity contribution is 5.67. The van der Waals surface area contributed by atoms with Crippen molar-refractivity contribution in [1.29, 1.82) is 0 Å². The van der Waals surface area contributed by atoms with Gasteiger partial charge in [0, 0.05) is 12.8 Å². The van der Waals surface area contributed by atoms with Crippen LogP contribution in [-0.2, 0) is 4.79 Å². The zero-order valence-corrected chi connectivity index (χ0v) is 13.5. The monoisotopic (exact) mass is 290 g/mol. The summed E-state index contributed by atoms with van der Waals surface area (Å²) in [6, 6.07) is 0. The van der Waals surface area contributed by atoms with Gasteiger partial charge >= 0.3 is 5.97 Å². The molecule has 0 aliphatic carbocycles. The Hall–Kier alpha value is -1.41. The highest BCUT2D eigenvalue weighted by Gasteiger charge is 1.92. The van der Waals surface area contributed by atoms with E-state index in [4.69, 9.17) is 5.11 Å². The van der Waals surface area contributed by atoms with Crippen LogP contribution in [0.15, 0.2) is 0 Å². The molecule has 0 aromatic heterocycles. The summed E-state index contributed by atoms with van der Waals surface area (Å²) in [6.45, 7) is 2.25. The highest BCUT2D eigenvalue weighted by atomic mass is 16.4. The summed E-state index contributed by atoms with van der Waals surface area (Å²) in [4.78, 5) is 10.2. The van der Waals surface area contributed by atoms with Gasteiger partial charge in [0.05, 0.1) is 6.42 Å². The number of carboxylic acid groups (broad SMARTS) is 1. The lowest BCUT2D eigenvalue weighted by atomic mass is 10.1. The van der Waals surface area contributed by atoms with E-state index in [0.717, 1.165) is 12.8 Å². The summed E-state index contributed by atoms with van der Waals surface area (Å²) in [5.74, 6) is 10.5. The van der Waals surface area contributed by atoms with E-state index in [2.05, 4.69) is 30.6 Å². The second-order valence-electron chi connectivity index (χ2n) is 5.43. The van der Waals surface area contributed by atoms with Crippen LogP contribution in [0.2, 0.25) is 0 Å². The zero-order chi connectivity index (χ0) is 15.6. The molecular formula is C19H30O2. The van der Waals surface area contributed by atoms with E-state index >= 15 is 0 Å². The molecule has 0 fully saturated rings. The Morgan fingerprint density at radius 3 is 1.76 bits per heavy atom. The molecule has 0 amide bonds. The molecule has 21 heavy (non-hydrogen) atoms. The Labute approximate surface area is 130 Å². The lowest BCUT2D eigenvalue weighted by molar-refractivity contribution is -0.136. The van der Waals surface area contributed by atoms with Gasteiger partial charge in [0.2, 0.25) is 0 Å². The first-order chi connectivity index (χ1) is 10.3. The van der Waals surface area contributed by atoms with Gasteiger partial charge < -0.3 is 5.11 Å². The van der Waals surface area contributed by atoms with Crippen molar-refractivity contribution < 1.29 is 9.90 Å². The smallest absolute Gasteiger partial charge is 0.304 e. The minimum absolute atomic E-state index is 0.104. The number of aliphatic carboxylic acids is 1. The summed E-state index contributed by atoms with van der Waals surface area (Å²) in [5.41, 5.74) is 0. The maximum Gasteiger partial charge on any atom is 0.304 e. The quantitative estimate of drug-likeness (QED) is 0.398. The minimum atomic E-state index is -0.803. The van der Waals surface area contributed by atoms with Crippen molar-refractivity contribution in [1.82, 2.24) is 0 Å². The molecule has 1 N–H and O–H groups in total. The van der Waals surface area contributed by atoms with E-state index in [1.165, 1.54) is 57.8 Å². The molecule has 0 unspecified atom stereocenters. The van der Waals surface area contributed by atoms with Gasteiger partial charge in [0.1, 0.15) is 0 Å². The number of carboxylic acids is 1. The summed E-state index contributed by atoms with van der Waals surface area (Å²) in [6.07, 6.45) is 14.8. The van der Waals surface area contributed by atoms with Gasteiger partial charge in [-0.05, 0) is 18.3 Å². The number of rotatable bonds is 12. The fraction of sp³-hybridized carbons (Fsp3) is 0.737. The Bertz CT molecular complexity index is 362. The predicted octanol–water partition coefficient (Wildman–Crippen LogP) is 5.17. The highest BCUT2D eigenvalue weighted by Crippen LogP contribution is 2.10. The maximum absolute atomic E-state index is 10.2. The van der Waals surface area contributed by atoms with E-state index < -0.39 is 5.97 Å². The number of carbonyl (C=O) groups is 1. The number of hydrogen-bond donors (Lipinski definition) is 1. The third kappa shape index (κ3) is 18.6. The average Bonchev–Trinajstić information content (AvgIpc) is 2.46. The summed E-state index contributed by atoms with van der Waals surface area (Å²) < 4.78 is 0. The standard InChI is InChI=1S/C19H30O2/c1-2-3-4-5-6-7-8-9-10-11-12-13-14-15-16-17-18-19(20)21/h2-12,17-18H2,1H3,(H,20,21). The van der Waals surface area contributed by atoms with Crippen LogP contribution in [-0.4, -0.2) is 11.1 Å². The second-order valence-corrected chi connectivity index (χ2v) is 5.43. The van der Waals surface area contributed by atoms with Gasteiger partial charge in [0.15, 0.2) is 0 Å². The molecule has 0 aromatic carbocycles. The summed E-state index contributed by atoms with van der Waals surface area (Å²) in [7, 11) is 0. The van der Waals surface area contributed by atoms with Crippen LogP contribution in [0.1, 0.15) is 90.4 Å². The molecule has 0 saturated carbocycles. The third-order valence-corrected chi connectivity index (χ3v) is 3.36. The van der Waals surface area contributed by atoms with E-state index in [0.29, 0.717) is 6.42 Å². The van der Waals surface area contributed by atoms with Gasteiger partial charge in [-0.1, -0.05) is 76.6 Å². The second kappa shape index (κ2) is 16.6. The zero-order valence-electron chi connectivity index (χ0n) is 13.5. The van der Waals surface area contributed by atoms with Crippen LogP contribution in [0.5, 0.6) is 0 Å². The maximum atomic E-state index is 10.2. The molecule has 118 valence electrons. The molecular weight excluding hydrogens is 260 g/mol. The molecule has 2 heteroatoms. The van der Waals surface area contributed by atoms with Gasteiger partial charge in [-0.3, -0.25) is 4.79 Å². The fourth-order valence-corrected chi connectivity index (χ4v) is 2.08. The molecule has 0 radical (unpaired) electrons. The molecule has 0 rings (SSSR count). The normalized spacial score (nSPS) is 9.38. The molecule has 0 aromatic rings. The van der Waals surface area contributed by atoms with Crippen molar-refractivity contribution in [3.63, 3.8) is 0 Å². The van der Waals surface area contributed by atoms with E-state index in [9.17, 15) is 4.79 Å². The topological polar surface area (TPSA) is 37.3 Å². The average molecular weight is 290 g/mol. The van der Waals surface area contributed by atoms with Crippen LogP contribution >= 0.6 is 0 Å². The minimum Gasteiger partial charge on any atom is -0.481 e. The molecule has 0 aliphatic rings. The van der Waals surface area contributed by atoms with Crippen LogP contribution in [0, 0.1) is 23.7 Å². The first-order valence-corrected chi connectivity index (χ1v) is 8.45. The van der Waals surface area contributed by atoms with Crippen molar-refractivity contribution in [3.05, 3.63) is 0 Å². The van der Waals surface area contributed by atoms with E-state index in [1.54, 1.807) is 0 Å². The van der Waals surface area contributed by atoms with Crippen LogP contribution in [0.4, 0.5) is 0 Å². The molecule has 0 heterocycles. The molecule has 0 bridgehead atoms.